The number of hydrogen-bond acceptors (Lipinski definition) is 3. The van der Waals surface area contributed by atoms with Gasteiger partial charge in [-0.25, -0.2) is 4.39 Å². The number of benzene rings is 2. The molecule has 1 saturated heterocycles. The maximum atomic E-state index is 13.2. The minimum atomic E-state index is -0.479. The molecule has 0 bridgehead atoms. The zero-order valence-electron chi connectivity index (χ0n) is 14.9. The van der Waals surface area contributed by atoms with Gasteiger partial charge in [0.15, 0.2) is 0 Å². The zero-order valence-corrected chi connectivity index (χ0v) is 15.7. The molecule has 1 aliphatic rings. The van der Waals surface area contributed by atoms with Crippen molar-refractivity contribution in [3.8, 4) is 0 Å². The van der Waals surface area contributed by atoms with Crippen molar-refractivity contribution >= 4 is 23.6 Å². The van der Waals surface area contributed by atoms with Crippen LogP contribution in [0.4, 0.5) is 4.39 Å². The van der Waals surface area contributed by atoms with Crippen molar-refractivity contribution in [1.82, 2.24) is 10.2 Å². The first-order valence-electron chi connectivity index (χ1n) is 8.90. The topological polar surface area (TPSA) is 41.6 Å². The molecule has 0 spiro atoms. The number of ether oxygens (including phenoxy) is 1. The molecule has 1 amide bonds. The minimum absolute atomic E-state index is 0.0343. The van der Waals surface area contributed by atoms with Gasteiger partial charge in [-0.05, 0) is 29.3 Å². The Balaban J connectivity index is 1.67. The van der Waals surface area contributed by atoms with Crippen LogP contribution in [0.15, 0.2) is 54.6 Å². The van der Waals surface area contributed by atoms with E-state index in [2.05, 4.69) is 10.2 Å². The van der Waals surface area contributed by atoms with Gasteiger partial charge in [-0.1, -0.05) is 48.0 Å². The average Bonchev–Trinajstić information content (AvgIpc) is 2.70. The second-order valence-electron chi connectivity index (χ2n) is 6.39. The highest BCUT2D eigenvalue weighted by atomic mass is 35.5. The van der Waals surface area contributed by atoms with Gasteiger partial charge in [-0.2, -0.15) is 0 Å². The Bertz CT molecular complexity index is 792. The minimum Gasteiger partial charge on any atom is -0.379 e. The number of hydrogen-bond donors (Lipinski definition) is 1. The highest BCUT2D eigenvalue weighted by Gasteiger charge is 2.19. The number of amides is 1. The van der Waals surface area contributed by atoms with E-state index in [1.165, 1.54) is 18.2 Å². The van der Waals surface area contributed by atoms with Crippen LogP contribution in [0.25, 0.3) is 6.08 Å². The Morgan fingerprint density at radius 1 is 1.22 bits per heavy atom. The van der Waals surface area contributed by atoms with Crippen LogP contribution in [0.3, 0.4) is 0 Å². The lowest BCUT2D eigenvalue weighted by atomic mass is 10.1. The first kappa shape index (κ1) is 19.5. The van der Waals surface area contributed by atoms with Crippen molar-refractivity contribution in [1.29, 1.82) is 0 Å². The van der Waals surface area contributed by atoms with Crippen LogP contribution in [0.2, 0.25) is 5.02 Å². The largest absolute Gasteiger partial charge is 0.379 e. The second kappa shape index (κ2) is 9.65. The van der Waals surface area contributed by atoms with E-state index in [0.717, 1.165) is 25.2 Å². The summed E-state index contributed by atoms with van der Waals surface area (Å²) in [6.07, 6.45) is 3.07. The molecule has 1 N–H and O–H groups in total. The fraction of sp³-hybridized carbons (Fsp3) is 0.286. The molecule has 1 atom stereocenters. The molecule has 142 valence electrons. The quantitative estimate of drug-likeness (QED) is 0.767. The summed E-state index contributed by atoms with van der Waals surface area (Å²) in [5.74, 6) is -0.689. The molecular weight excluding hydrogens is 367 g/mol. The molecule has 1 unspecified atom stereocenters. The molecule has 6 heteroatoms. The van der Waals surface area contributed by atoms with E-state index in [9.17, 15) is 9.18 Å². The summed E-state index contributed by atoms with van der Waals surface area (Å²) >= 11 is 5.78. The predicted octanol–water partition coefficient (Wildman–Crippen LogP) is 3.68. The van der Waals surface area contributed by atoms with Crippen LogP contribution in [0, 0.1) is 5.82 Å². The summed E-state index contributed by atoms with van der Waals surface area (Å²) in [7, 11) is 0. The van der Waals surface area contributed by atoms with E-state index in [4.69, 9.17) is 16.3 Å². The Hall–Kier alpha value is -2.21. The first-order valence-corrected chi connectivity index (χ1v) is 9.28. The number of nitrogens with one attached hydrogen (secondary N) is 1. The summed E-state index contributed by atoms with van der Waals surface area (Å²) in [6, 6.07) is 14.1. The van der Waals surface area contributed by atoms with Crippen LogP contribution >= 0.6 is 11.6 Å². The second-order valence-corrected chi connectivity index (χ2v) is 6.80. The van der Waals surface area contributed by atoms with E-state index in [1.54, 1.807) is 12.1 Å². The smallest absolute Gasteiger partial charge is 0.244 e. The molecule has 0 aromatic heterocycles. The lowest BCUT2D eigenvalue weighted by Crippen LogP contribution is -2.42. The van der Waals surface area contributed by atoms with Crippen LogP contribution in [-0.4, -0.2) is 43.7 Å². The van der Waals surface area contributed by atoms with Crippen molar-refractivity contribution in [2.45, 2.75) is 6.04 Å². The van der Waals surface area contributed by atoms with E-state index in [-0.39, 0.29) is 17.0 Å². The molecule has 3 rings (SSSR count). The van der Waals surface area contributed by atoms with Gasteiger partial charge in [-0.3, -0.25) is 9.69 Å². The van der Waals surface area contributed by atoms with Gasteiger partial charge < -0.3 is 10.1 Å². The zero-order chi connectivity index (χ0) is 19.1. The van der Waals surface area contributed by atoms with Crippen LogP contribution in [0.1, 0.15) is 17.2 Å². The normalized spacial score (nSPS) is 16.4. The summed E-state index contributed by atoms with van der Waals surface area (Å²) < 4.78 is 18.6. The summed E-state index contributed by atoms with van der Waals surface area (Å²) in [4.78, 5) is 14.7. The van der Waals surface area contributed by atoms with Gasteiger partial charge in [0.1, 0.15) is 5.82 Å². The predicted molar refractivity (Wildman–Crippen MR) is 105 cm³/mol. The first-order chi connectivity index (χ1) is 13.1. The van der Waals surface area contributed by atoms with Gasteiger partial charge in [0, 0.05) is 25.7 Å². The monoisotopic (exact) mass is 388 g/mol. The number of rotatable bonds is 6. The number of nitrogens with zero attached hydrogens (tertiary/aromatic N) is 1. The Morgan fingerprint density at radius 3 is 2.67 bits per heavy atom. The third-order valence-corrected chi connectivity index (χ3v) is 4.72. The molecule has 0 aliphatic carbocycles. The van der Waals surface area contributed by atoms with Crippen molar-refractivity contribution < 1.29 is 13.9 Å². The number of halogens is 2. The van der Waals surface area contributed by atoms with Crippen molar-refractivity contribution in [3.63, 3.8) is 0 Å². The van der Waals surface area contributed by atoms with Crippen molar-refractivity contribution in [2.75, 3.05) is 32.8 Å². The lowest BCUT2D eigenvalue weighted by molar-refractivity contribution is -0.117. The average molecular weight is 389 g/mol. The molecule has 1 fully saturated rings. The molecule has 4 nitrogen and oxygen atoms in total. The number of carbonyl (C=O) groups excluding carboxylic acids is 1. The van der Waals surface area contributed by atoms with Crippen molar-refractivity contribution in [2.24, 2.45) is 0 Å². The third kappa shape index (κ3) is 5.89. The number of carbonyl (C=O) groups is 1. The molecule has 27 heavy (non-hydrogen) atoms. The molecule has 2 aromatic rings. The molecule has 1 aliphatic heterocycles. The van der Waals surface area contributed by atoms with Gasteiger partial charge in [0.2, 0.25) is 5.91 Å². The Morgan fingerprint density at radius 2 is 1.96 bits per heavy atom. The Labute approximate surface area is 163 Å². The van der Waals surface area contributed by atoms with E-state index in [0.29, 0.717) is 18.8 Å². The molecule has 2 aromatic carbocycles. The maximum Gasteiger partial charge on any atom is 0.244 e. The van der Waals surface area contributed by atoms with Crippen LogP contribution in [0.5, 0.6) is 0 Å². The summed E-state index contributed by atoms with van der Waals surface area (Å²) in [5.41, 5.74) is 1.72. The SMILES string of the molecule is O=C(/C=C/c1ccc(F)c(Cl)c1)NC(CN1CCOCC1)c1ccccc1. The molecular formula is C21H22ClFN2O2. The third-order valence-electron chi connectivity index (χ3n) is 4.43. The van der Waals surface area contributed by atoms with E-state index < -0.39 is 5.82 Å². The number of morpholine rings is 1. The van der Waals surface area contributed by atoms with Gasteiger partial charge >= 0.3 is 0 Å². The molecule has 0 saturated carbocycles. The maximum absolute atomic E-state index is 13.2. The summed E-state index contributed by atoms with van der Waals surface area (Å²) in [6.45, 7) is 3.84. The van der Waals surface area contributed by atoms with E-state index >= 15 is 0 Å². The molecule has 1 heterocycles. The van der Waals surface area contributed by atoms with Crippen molar-refractivity contribution in [3.05, 3.63) is 76.6 Å². The van der Waals surface area contributed by atoms with Gasteiger partial charge in [0.25, 0.3) is 0 Å². The highest BCUT2D eigenvalue weighted by molar-refractivity contribution is 6.30. The van der Waals surface area contributed by atoms with Gasteiger partial charge in [0.05, 0.1) is 24.3 Å². The molecule has 0 radical (unpaired) electrons. The lowest BCUT2D eigenvalue weighted by Gasteiger charge is -2.31. The standard InChI is InChI=1S/C21H22ClFN2O2/c22-18-14-16(6-8-19(18)23)7-9-21(26)24-20(17-4-2-1-3-5-17)15-25-10-12-27-13-11-25/h1-9,14,20H,10-13,15H2,(H,24,26)/b9-7+. The van der Waals surface area contributed by atoms with Crippen LogP contribution < -0.4 is 5.32 Å². The highest BCUT2D eigenvalue weighted by Crippen LogP contribution is 2.18. The fourth-order valence-corrected chi connectivity index (χ4v) is 3.16. The summed E-state index contributed by atoms with van der Waals surface area (Å²) in [5, 5.41) is 3.10. The Kier molecular flexibility index (Phi) is 6.98. The van der Waals surface area contributed by atoms with E-state index in [1.807, 2.05) is 30.3 Å². The fourth-order valence-electron chi connectivity index (χ4n) is 2.97. The van der Waals surface area contributed by atoms with Crippen LogP contribution in [-0.2, 0) is 9.53 Å². The van der Waals surface area contributed by atoms with Gasteiger partial charge in [-0.15, -0.1) is 0 Å².